The molecule has 1 aromatic carbocycles. The third-order valence-electron chi connectivity index (χ3n) is 3.47. The van der Waals surface area contributed by atoms with Crippen LogP contribution in [0.5, 0.6) is 11.5 Å². The number of halogens is 2. The predicted octanol–water partition coefficient (Wildman–Crippen LogP) is 3.49. The smallest absolute Gasteiger partial charge is 0.387 e. The molecule has 8 heteroatoms. The predicted molar refractivity (Wildman–Crippen MR) is 100 cm³/mol. The van der Waals surface area contributed by atoms with Crippen LogP contribution in [0.4, 0.5) is 8.78 Å². The Bertz CT molecular complexity index is 569. The zero-order chi connectivity index (χ0) is 18.9. The molecule has 142 valence electrons. The van der Waals surface area contributed by atoms with Crippen LogP contribution in [-0.4, -0.2) is 43.8 Å². The monoisotopic (exact) mass is 375 g/mol. The van der Waals surface area contributed by atoms with Gasteiger partial charge in [-0.3, -0.25) is 0 Å². The average Bonchev–Trinajstić information content (AvgIpc) is 2.58. The van der Waals surface area contributed by atoms with E-state index in [1.165, 1.54) is 13.2 Å². The van der Waals surface area contributed by atoms with Gasteiger partial charge in [-0.05, 0) is 45.2 Å². The quantitative estimate of drug-likeness (QED) is 0.511. The van der Waals surface area contributed by atoms with Crippen LogP contribution in [0.1, 0.15) is 26.3 Å². The van der Waals surface area contributed by atoms with Crippen molar-refractivity contribution in [3.05, 3.63) is 23.8 Å². The molecule has 0 aliphatic heterocycles. The zero-order valence-corrected chi connectivity index (χ0v) is 16.2. The molecule has 0 fully saturated rings. The Kier molecular flexibility index (Phi) is 8.82. The second-order valence-electron chi connectivity index (χ2n) is 5.86. The lowest BCUT2D eigenvalue weighted by Gasteiger charge is -2.23. The maximum atomic E-state index is 12.6. The average molecular weight is 375 g/mol. The molecule has 0 saturated heterocycles. The van der Waals surface area contributed by atoms with Crippen LogP contribution >= 0.6 is 11.8 Å². The lowest BCUT2D eigenvalue weighted by atomic mass is 10.2. The Morgan fingerprint density at radius 3 is 2.60 bits per heavy atom. The normalized spacial score (nSPS) is 12.2. The highest BCUT2D eigenvalue weighted by molar-refractivity contribution is 7.99. The maximum Gasteiger partial charge on any atom is 0.387 e. The van der Waals surface area contributed by atoms with Gasteiger partial charge in [-0.2, -0.15) is 20.5 Å². The number of rotatable bonds is 9. The number of ether oxygens (including phenoxy) is 2. The second kappa shape index (κ2) is 10.3. The van der Waals surface area contributed by atoms with Gasteiger partial charge < -0.3 is 20.1 Å². The third-order valence-corrected chi connectivity index (χ3v) is 4.72. The van der Waals surface area contributed by atoms with Crippen molar-refractivity contribution in [2.75, 3.05) is 26.5 Å². The maximum absolute atomic E-state index is 12.6. The van der Waals surface area contributed by atoms with E-state index in [1.807, 2.05) is 6.92 Å². The van der Waals surface area contributed by atoms with Gasteiger partial charge in [-0.15, -0.1) is 0 Å². The van der Waals surface area contributed by atoms with Crippen molar-refractivity contribution in [3.8, 4) is 11.5 Å². The fourth-order valence-corrected chi connectivity index (χ4v) is 2.11. The number of methoxy groups -OCH3 is 1. The summed E-state index contributed by atoms with van der Waals surface area (Å²) in [5.41, 5.74) is 0.529. The van der Waals surface area contributed by atoms with E-state index in [2.05, 4.69) is 40.5 Å². The summed E-state index contributed by atoms with van der Waals surface area (Å²) in [7, 11) is 1.52. The first-order valence-corrected chi connectivity index (χ1v) is 9.22. The molecule has 0 heterocycles. The first-order chi connectivity index (χ1) is 11.8. The summed E-state index contributed by atoms with van der Waals surface area (Å²) in [5, 5.41) is 6.42. The number of guanidine groups is 1. The summed E-state index contributed by atoms with van der Waals surface area (Å²) in [6.07, 6.45) is 2.05. The lowest BCUT2D eigenvalue weighted by Crippen LogP contribution is -2.43. The zero-order valence-electron chi connectivity index (χ0n) is 15.4. The highest BCUT2D eigenvalue weighted by atomic mass is 32.2. The Labute approximate surface area is 152 Å². The molecule has 25 heavy (non-hydrogen) atoms. The molecule has 0 unspecified atom stereocenters. The van der Waals surface area contributed by atoms with Gasteiger partial charge in [0.15, 0.2) is 5.96 Å². The van der Waals surface area contributed by atoms with E-state index in [1.54, 1.807) is 23.9 Å². The molecule has 0 aliphatic rings. The minimum atomic E-state index is -2.88. The van der Waals surface area contributed by atoms with Crippen molar-refractivity contribution in [1.82, 2.24) is 10.6 Å². The van der Waals surface area contributed by atoms with E-state index >= 15 is 0 Å². The molecule has 2 N–H and O–H groups in total. The van der Waals surface area contributed by atoms with Crippen LogP contribution in [0.2, 0.25) is 0 Å². The van der Waals surface area contributed by atoms with Gasteiger partial charge in [-0.25, -0.2) is 4.99 Å². The highest BCUT2D eigenvalue weighted by Crippen LogP contribution is 2.26. The summed E-state index contributed by atoms with van der Waals surface area (Å²) < 4.78 is 34.9. The van der Waals surface area contributed by atoms with Gasteiger partial charge >= 0.3 is 6.61 Å². The molecule has 1 aromatic rings. The summed E-state index contributed by atoms with van der Waals surface area (Å²) in [4.78, 5) is 4.47. The first-order valence-electron chi connectivity index (χ1n) is 8.00. The molecule has 0 radical (unpaired) electrons. The summed E-state index contributed by atoms with van der Waals surface area (Å²) in [5.74, 6) is 1.28. The second-order valence-corrected chi connectivity index (χ2v) is 7.38. The van der Waals surface area contributed by atoms with Crippen molar-refractivity contribution in [1.29, 1.82) is 0 Å². The van der Waals surface area contributed by atoms with E-state index < -0.39 is 6.61 Å². The summed E-state index contributed by atoms with van der Waals surface area (Å²) in [6, 6.07) is 4.69. The molecule has 0 amide bonds. The van der Waals surface area contributed by atoms with E-state index in [9.17, 15) is 8.78 Å². The molecular weight excluding hydrogens is 348 g/mol. The summed E-state index contributed by atoms with van der Waals surface area (Å²) >= 11 is 1.75. The van der Waals surface area contributed by atoms with Crippen molar-refractivity contribution < 1.29 is 18.3 Å². The van der Waals surface area contributed by atoms with Crippen LogP contribution in [0.3, 0.4) is 0 Å². The van der Waals surface area contributed by atoms with Crippen molar-refractivity contribution in [2.24, 2.45) is 4.99 Å². The Morgan fingerprint density at radius 2 is 2.04 bits per heavy atom. The van der Waals surface area contributed by atoms with Gasteiger partial charge in [0.2, 0.25) is 0 Å². The topological polar surface area (TPSA) is 54.9 Å². The molecule has 5 nitrogen and oxygen atoms in total. The van der Waals surface area contributed by atoms with Crippen molar-refractivity contribution >= 4 is 17.7 Å². The number of benzene rings is 1. The Hall–Kier alpha value is -1.70. The SMILES string of the molecule is CCNC(=NCc1cc(OC)ccc1OC(F)F)NCC(C)(C)SC. The molecule has 0 aromatic heterocycles. The Morgan fingerprint density at radius 1 is 1.32 bits per heavy atom. The highest BCUT2D eigenvalue weighted by Gasteiger charge is 2.16. The number of hydrogen-bond acceptors (Lipinski definition) is 4. The van der Waals surface area contributed by atoms with Gasteiger partial charge in [0, 0.05) is 23.4 Å². The van der Waals surface area contributed by atoms with Crippen LogP contribution in [-0.2, 0) is 6.54 Å². The molecule has 0 spiro atoms. The van der Waals surface area contributed by atoms with Gasteiger partial charge in [0.1, 0.15) is 11.5 Å². The fourth-order valence-electron chi connectivity index (χ4n) is 1.89. The van der Waals surface area contributed by atoms with Crippen molar-refractivity contribution in [3.63, 3.8) is 0 Å². The fraction of sp³-hybridized carbons (Fsp3) is 0.588. The lowest BCUT2D eigenvalue weighted by molar-refractivity contribution is -0.0504. The number of nitrogens with zero attached hydrogens (tertiary/aromatic N) is 1. The molecular formula is C17H27F2N3O2S. The Balaban J connectivity index is 2.92. The van der Waals surface area contributed by atoms with E-state index in [0.717, 1.165) is 6.54 Å². The van der Waals surface area contributed by atoms with E-state index in [4.69, 9.17) is 4.74 Å². The van der Waals surface area contributed by atoms with E-state index in [0.29, 0.717) is 23.8 Å². The number of hydrogen-bond donors (Lipinski definition) is 2. The van der Waals surface area contributed by atoms with Crippen LogP contribution in [0.15, 0.2) is 23.2 Å². The minimum Gasteiger partial charge on any atom is -0.497 e. The summed E-state index contributed by atoms with van der Waals surface area (Å²) in [6.45, 7) is 4.95. The van der Waals surface area contributed by atoms with Crippen LogP contribution < -0.4 is 20.1 Å². The number of thioether (sulfide) groups is 1. The van der Waals surface area contributed by atoms with Gasteiger partial charge in [0.05, 0.1) is 13.7 Å². The van der Waals surface area contributed by atoms with E-state index in [-0.39, 0.29) is 17.0 Å². The number of nitrogens with one attached hydrogen (secondary N) is 2. The number of alkyl halides is 2. The first kappa shape index (κ1) is 21.3. The standard InChI is InChI=1S/C17H27F2N3O2S/c1-6-20-16(22-11-17(2,3)25-5)21-10-12-9-13(23-4)7-8-14(12)24-15(18)19/h7-9,15H,6,10-11H2,1-5H3,(H2,20,21,22). The molecule has 0 atom stereocenters. The minimum absolute atomic E-state index is 0.0517. The largest absolute Gasteiger partial charge is 0.497 e. The molecule has 1 rings (SSSR count). The van der Waals surface area contributed by atoms with Crippen molar-refractivity contribution in [2.45, 2.75) is 38.7 Å². The third kappa shape index (κ3) is 7.81. The molecule has 0 bridgehead atoms. The molecule has 0 saturated carbocycles. The van der Waals surface area contributed by atoms with Crippen LogP contribution in [0, 0.1) is 0 Å². The number of aliphatic imine (C=N–C) groups is 1. The van der Waals surface area contributed by atoms with Crippen LogP contribution in [0.25, 0.3) is 0 Å². The van der Waals surface area contributed by atoms with Gasteiger partial charge in [-0.1, -0.05) is 0 Å². The van der Waals surface area contributed by atoms with Gasteiger partial charge in [0.25, 0.3) is 0 Å². The molecule has 0 aliphatic carbocycles.